The van der Waals surface area contributed by atoms with Gasteiger partial charge in [-0.25, -0.2) is 4.79 Å². The molecule has 0 aliphatic heterocycles. The average Bonchev–Trinajstić information content (AvgIpc) is 3.04. The van der Waals surface area contributed by atoms with Crippen LogP contribution in [0.4, 0.5) is 10.7 Å². The molecule has 1 atom stereocenters. The molecule has 7 heteroatoms. The molecule has 0 radical (unpaired) electrons. The van der Waals surface area contributed by atoms with Gasteiger partial charge in [-0.3, -0.25) is 5.32 Å². The Morgan fingerprint density at radius 3 is 3.00 bits per heavy atom. The molecule has 7 nitrogen and oxygen atoms in total. The summed E-state index contributed by atoms with van der Waals surface area (Å²) in [4.78, 5) is 15.2. The molecule has 1 aliphatic carbocycles. The Bertz CT molecular complexity index is 637. The molecule has 1 unspecified atom stereocenters. The lowest BCUT2D eigenvalue weighted by molar-refractivity contribution is 0.204. The van der Waals surface area contributed by atoms with Crippen LogP contribution in [-0.2, 0) is 13.5 Å². The van der Waals surface area contributed by atoms with Crippen molar-refractivity contribution >= 4 is 12.0 Å². The number of benzene rings is 1. The van der Waals surface area contributed by atoms with Gasteiger partial charge >= 0.3 is 6.03 Å². The number of tetrazole rings is 1. The summed E-state index contributed by atoms with van der Waals surface area (Å²) in [5.74, 6) is 0.218. The highest BCUT2D eigenvalue weighted by Crippen LogP contribution is 2.34. The molecule has 2 aromatic rings. The number of carbonyl (C=O) groups is 1. The number of rotatable bonds is 2. The Hall–Kier alpha value is -2.44. The first-order valence-electron chi connectivity index (χ1n) is 6.51. The third kappa shape index (κ3) is 2.22. The summed E-state index contributed by atoms with van der Waals surface area (Å²) in [5.41, 5.74) is 2.53. The van der Waals surface area contributed by atoms with E-state index in [9.17, 15) is 4.79 Å². The number of nitrogens with zero attached hydrogens (tertiary/aromatic N) is 5. The van der Waals surface area contributed by atoms with Gasteiger partial charge in [0, 0.05) is 7.05 Å². The number of hydrogen-bond acceptors (Lipinski definition) is 4. The van der Waals surface area contributed by atoms with Crippen LogP contribution in [0.2, 0.25) is 0 Å². The molecule has 1 aromatic carbocycles. The van der Waals surface area contributed by atoms with Gasteiger partial charge in [0.2, 0.25) is 0 Å². The first kappa shape index (κ1) is 12.6. The van der Waals surface area contributed by atoms with E-state index in [1.54, 1.807) is 19.0 Å². The molecule has 20 heavy (non-hydrogen) atoms. The molecule has 1 aromatic heterocycles. The maximum atomic E-state index is 12.2. The Labute approximate surface area is 116 Å². The third-order valence-electron chi connectivity index (χ3n) is 3.62. The van der Waals surface area contributed by atoms with Gasteiger partial charge in [0.1, 0.15) is 0 Å². The van der Waals surface area contributed by atoms with Gasteiger partial charge in [-0.2, -0.15) is 4.80 Å². The molecule has 0 fully saturated rings. The molecule has 0 saturated heterocycles. The predicted octanol–water partition coefficient (Wildman–Crippen LogP) is 1.36. The van der Waals surface area contributed by atoms with E-state index in [0.29, 0.717) is 0 Å². The summed E-state index contributed by atoms with van der Waals surface area (Å²) >= 11 is 0. The number of fused-ring (bicyclic) bond motifs is 1. The van der Waals surface area contributed by atoms with Crippen LogP contribution in [0.3, 0.4) is 0 Å². The summed E-state index contributed by atoms with van der Waals surface area (Å²) < 4.78 is 0. The highest BCUT2D eigenvalue weighted by molar-refractivity contribution is 5.87. The minimum absolute atomic E-state index is 0.0999. The van der Waals surface area contributed by atoms with Crippen LogP contribution in [-0.4, -0.2) is 38.2 Å². The highest BCUT2D eigenvalue weighted by atomic mass is 16.2. The zero-order valence-corrected chi connectivity index (χ0v) is 11.4. The number of amides is 2. The fourth-order valence-electron chi connectivity index (χ4n) is 2.60. The molecular formula is C13H16N6O. The molecule has 1 N–H and O–H groups in total. The van der Waals surface area contributed by atoms with E-state index < -0.39 is 0 Å². The number of anilines is 1. The first-order chi connectivity index (χ1) is 9.65. The predicted molar refractivity (Wildman–Crippen MR) is 73.1 cm³/mol. The lowest BCUT2D eigenvalue weighted by Crippen LogP contribution is -2.34. The fourth-order valence-corrected chi connectivity index (χ4v) is 2.60. The lowest BCUT2D eigenvalue weighted by Gasteiger charge is -2.24. The zero-order chi connectivity index (χ0) is 14.1. The summed E-state index contributed by atoms with van der Waals surface area (Å²) in [7, 11) is 3.44. The third-order valence-corrected chi connectivity index (χ3v) is 3.62. The minimum Gasteiger partial charge on any atom is -0.320 e. The SMILES string of the molecule is CN(C(=O)Nc1nnn(C)n1)C1CCc2ccccc21. The number of hydrogen-bond donors (Lipinski definition) is 1. The maximum Gasteiger partial charge on any atom is 0.324 e. The van der Waals surface area contributed by atoms with E-state index in [0.717, 1.165) is 12.8 Å². The average molecular weight is 272 g/mol. The molecule has 1 heterocycles. The highest BCUT2D eigenvalue weighted by Gasteiger charge is 2.28. The summed E-state index contributed by atoms with van der Waals surface area (Å²) in [5, 5.41) is 14.0. The number of nitrogens with one attached hydrogen (secondary N) is 1. The van der Waals surface area contributed by atoms with Crippen molar-refractivity contribution < 1.29 is 4.79 Å². The van der Waals surface area contributed by atoms with Crippen molar-refractivity contribution in [3.63, 3.8) is 0 Å². The second-order valence-electron chi connectivity index (χ2n) is 4.90. The van der Waals surface area contributed by atoms with Gasteiger partial charge in [-0.05, 0) is 29.2 Å². The van der Waals surface area contributed by atoms with Gasteiger partial charge in [-0.1, -0.05) is 29.4 Å². The second-order valence-corrected chi connectivity index (χ2v) is 4.90. The van der Waals surface area contributed by atoms with E-state index in [2.05, 4.69) is 32.9 Å². The second kappa shape index (κ2) is 4.92. The summed E-state index contributed by atoms with van der Waals surface area (Å²) in [6, 6.07) is 8.11. The Morgan fingerprint density at radius 1 is 1.45 bits per heavy atom. The van der Waals surface area contributed by atoms with E-state index in [-0.39, 0.29) is 18.0 Å². The number of aromatic nitrogens is 4. The normalized spacial score (nSPS) is 16.8. The van der Waals surface area contributed by atoms with Gasteiger partial charge in [0.05, 0.1) is 13.1 Å². The van der Waals surface area contributed by atoms with Crippen molar-refractivity contribution in [1.29, 1.82) is 0 Å². The van der Waals surface area contributed by atoms with E-state index >= 15 is 0 Å². The Kier molecular flexibility index (Phi) is 3.09. The number of aryl methyl sites for hydroxylation is 2. The van der Waals surface area contributed by atoms with Crippen molar-refractivity contribution in [1.82, 2.24) is 25.1 Å². The van der Waals surface area contributed by atoms with Crippen LogP contribution < -0.4 is 5.32 Å². The molecule has 104 valence electrons. The minimum atomic E-state index is -0.222. The van der Waals surface area contributed by atoms with Gasteiger partial charge in [-0.15, -0.1) is 5.10 Å². The van der Waals surface area contributed by atoms with E-state index in [1.165, 1.54) is 15.9 Å². The maximum absolute atomic E-state index is 12.2. The largest absolute Gasteiger partial charge is 0.324 e. The first-order valence-corrected chi connectivity index (χ1v) is 6.51. The molecular weight excluding hydrogens is 256 g/mol. The quantitative estimate of drug-likeness (QED) is 0.895. The molecule has 0 bridgehead atoms. The molecule has 0 saturated carbocycles. The van der Waals surface area contributed by atoms with Crippen molar-refractivity contribution in [3.05, 3.63) is 35.4 Å². The Morgan fingerprint density at radius 2 is 2.25 bits per heavy atom. The lowest BCUT2D eigenvalue weighted by atomic mass is 10.1. The summed E-state index contributed by atoms with van der Waals surface area (Å²) in [6.45, 7) is 0. The van der Waals surface area contributed by atoms with Crippen LogP contribution in [0, 0.1) is 0 Å². The van der Waals surface area contributed by atoms with Crippen LogP contribution in [0.5, 0.6) is 0 Å². The summed E-state index contributed by atoms with van der Waals surface area (Å²) in [6.07, 6.45) is 1.94. The van der Waals surface area contributed by atoms with Crippen molar-refractivity contribution in [2.45, 2.75) is 18.9 Å². The van der Waals surface area contributed by atoms with E-state index in [1.807, 2.05) is 12.1 Å². The van der Waals surface area contributed by atoms with Crippen LogP contribution in [0.1, 0.15) is 23.6 Å². The zero-order valence-electron chi connectivity index (χ0n) is 11.4. The molecule has 0 spiro atoms. The number of urea groups is 1. The molecule has 1 aliphatic rings. The number of carbonyl (C=O) groups excluding carboxylic acids is 1. The molecule has 3 rings (SSSR count). The van der Waals surface area contributed by atoms with Crippen LogP contribution >= 0.6 is 0 Å². The monoisotopic (exact) mass is 272 g/mol. The van der Waals surface area contributed by atoms with E-state index in [4.69, 9.17) is 0 Å². The van der Waals surface area contributed by atoms with Crippen LogP contribution in [0.15, 0.2) is 24.3 Å². The van der Waals surface area contributed by atoms with Gasteiger partial charge in [0.25, 0.3) is 5.95 Å². The van der Waals surface area contributed by atoms with Crippen LogP contribution in [0.25, 0.3) is 0 Å². The van der Waals surface area contributed by atoms with Crippen molar-refractivity contribution in [2.24, 2.45) is 7.05 Å². The molecule has 2 amide bonds. The standard InChI is InChI=1S/C13H16N6O/c1-18(13(20)14-12-15-17-19(2)16-12)11-8-7-9-5-3-4-6-10(9)11/h3-6,11H,7-8H2,1-2H3,(H,14,16,20). The topological polar surface area (TPSA) is 75.9 Å². The Balaban J connectivity index is 1.73. The smallest absolute Gasteiger partial charge is 0.320 e. The fraction of sp³-hybridized carbons (Fsp3) is 0.385. The van der Waals surface area contributed by atoms with Gasteiger partial charge in [0.15, 0.2) is 0 Å². The van der Waals surface area contributed by atoms with Gasteiger partial charge < -0.3 is 4.90 Å². The van der Waals surface area contributed by atoms with Crippen molar-refractivity contribution in [2.75, 3.05) is 12.4 Å². The van der Waals surface area contributed by atoms with Crippen molar-refractivity contribution in [3.8, 4) is 0 Å².